The third-order valence-electron chi connectivity index (χ3n) is 12.7. The summed E-state index contributed by atoms with van der Waals surface area (Å²) in [6, 6.07) is 89.6. The minimum Gasteiger partial charge on any atom is -0.455 e. The number of furan rings is 1. The number of rotatable bonds is 8. The first-order valence-corrected chi connectivity index (χ1v) is 21.9. The lowest BCUT2D eigenvalue weighted by molar-refractivity contribution is 0.673. The molecule has 0 aliphatic rings. The van der Waals surface area contributed by atoms with Gasteiger partial charge in [-0.25, -0.2) is 0 Å². The van der Waals surface area contributed by atoms with Gasteiger partial charge >= 0.3 is 0 Å². The van der Waals surface area contributed by atoms with Crippen LogP contribution in [0.5, 0.6) is 0 Å². The maximum atomic E-state index is 6.55. The summed E-state index contributed by atoms with van der Waals surface area (Å²) >= 11 is 0. The molecule has 0 radical (unpaired) electrons. The minimum atomic E-state index is 0.895. The van der Waals surface area contributed by atoms with Crippen molar-refractivity contribution in [3.63, 3.8) is 0 Å². The predicted octanol–water partition coefficient (Wildman–Crippen LogP) is 17.7. The molecule has 2 nitrogen and oxygen atoms in total. The van der Waals surface area contributed by atoms with Crippen LogP contribution >= 0.6 is 0 Å². The van der Waals surface area contributed by atoms with E-state index in [9.17, 15) is 0 Å². The first-order valence-electron chi connectivity index (χ1n) is 21.9. The summed E-state index contributed by atoms with van der Waals surface area (Å²) in [4.78, 5) is 2.35. The second-order valence-corrected chi connectivity index (χ2v) is 16.5. The zero-order chi connectivity index (χ0) is 42.4. The maximum Gasteiger partial charge on any atom is 0.143 e. The summed E-state index contributed by atoms with van der Waals surface area (Å²) in [7, 11) is 0. The van der Waals surface area contributed by atoms with Crippen LogP contribution in [0.3, 0.4) is 0 Å². The van der Waals surface area contributed by atoms with Crippen LogP contribution in [0.15, 0.2) is 253 Å². The molecule has 0 N–H and O–H groups in total. The molecule has 0 amide bonds. The van der Waals surface area contributed by atoms with Gasteiger partial charge in [-0.15, -0.1) is 0 Å². The van der Waals surface area contributed by atoms with Gasteiger partial charge in [-0.05, 0) is 139 Å². The Bertz CT molecular complexity index is 3640. The first kappa shape index (κ1) is 37.3. The Morgan fingerprint density at radius 2 is 0.719 bits per heavy atom. The van der Waals surface area contributed by atoms with Gasteiger partial charge in [0.05, 0.1) is 0 Å². The lowest BCUT2D eigenvalue weighted by Crippen LogP contribution is -2.09. The van der Waals surface area contributed by atoms with E-state index >= 15 is 0 Å². The van der Waals surface area contributed by atoms with Crippen molar-refractivity contribution in [2.24, 2.45) is 0 Å². The Balaban J connectivity index is 0.915. The molecular formula is C62H41NO. The van der Waals surface area contributed by atoms with Crippen molar-refractivity contribution in [2.45, 2.75) is 0 Å². The maximum absolute atomic E-state index is 6.55. The fraction of sp³-hybridized carbons (Fsp3) is 0. The zero-order valence-corrected chi connectivity index (χ0v) is 35.0. The molecule has 0 aliphatic heterocycles. The highest BCUT2D eigenvalue weighted by molar-refractivity contribution is 6.19. The van der Waals surface area contributed by atoms with Crippen LogP contribution in [0.1, 0.15) is 0 Å². The van der Waals surface area contributed by atoms with Crippen LogP contribution in [-0.4, -0.2) is 0 Å². The van der Waals surface area contributed by atoms with Crippen molar-refractivity contribution in [3.8, 4) is 55.6 Å². The summed E-state index contributed by atoms with van der Waals surface area (Å²) in [6.07, 6.45) is 0. The van der Waals surface area contributed by atoms with Crippen molar-refractivity contribution in [1.29, 1.82) is 0 Å². The lowest BCUT2D eigenvalue weighted by atomic mass is 9.97. The van der Waals surface area contributed by atoms with Crippen LogP contribution in [0, 0.1) is 0 Å². The van der Waals surface area contributed by atoms with Gasteiger partial charge in [-0.3, -0.25) is 0 Å². The van der Waals surface area contributed by atoms with Crippen LogP contribution < -0.4 is 4.90 Å². The molecule has 0 saturated heterocycles. The fourth-order valence-corrected chi connectivity index (χ4v) is 9.39. The monoisotopic (exact) mass is 815 g/mol. The SMILES string of the molecule is c1ccc(-c2cccc(-c3ccc(N(c4ccc(-c5cccc(-c6ccc7ccccc7c6)c5)cc4)c4ccc(-c5cccc6oc7c8ccccc8ccc7c56)cc4)cc3)c2)cc1. The van der Waals surface area contributed by atoms with Gasteiger partial charge < -0.3 is 9.32 Å². The Labute approximate surface area is 372 Å². The van der Waals surface area contributed by atoms with E-state index in [-0.39, 0.29) is 0 Å². The third kappa shape index (κ3) is 6.79. The average molecular weight is 816 g/mol. The van der Waals surface area contributed by atoms with Gasteiger partial charge in [-0.2, -0.15) is 0 Å². The number of hydrogen-bond donors (Lipinski definition) is 0. The molecule has 0 fully saturated rings. The summed E-state index contributed by atoms with van der Waals surface area (Å²) in [5.41, 5.74) is 16.9. The quantitative estimate of drug-likeness (QED) is 0.152. The molecule has 64 heavy (non-hydrogen) atoms. The lowest BCUT2D eigenvalue weighted by Gasteiger charge is -2.26. The van der Waals surface area contributed by atoms with Crippen molar-refractivity contribution in [2.75, 3.05) is 4.90 Å². The van der Waals surface area contributed by atoms with Crippen LogP contribution in [-0.2, 0) is 0 Å². The number of nitrogens with zero attached hydrogens (tertiary/aromatic N) is 1. The average Bonchev–Trinajstić information content (AvgIpc) is 3.77. The highest BCUT2D eigenvalue weighted by Gasteiger charge is 2.17. The molecule has 1 aromatic heterocycles. The summed E-state index contributed by atoms with van der Waals surface area (Å²) in [5.74, 6) is 0. The summed E-state index contributed by atoms with van der Waals surface area (Å²) in [6.45, 7) is 0. The van der Waals surface area contributed by atoms with E-state index in [4.69, 9.17) is 4.42 Å². The summed E-state index contributed by atoms with van der Waals surface area (Å²) < 4.78 is 6.55. The second kappa shape index (κ2) is 15.8. The molecule has 0 atom stereocenters. The third-order valence-corrected chi connectivity index (χ3v) is 12.7. The number of hydrogen-bond acceptors (Lipinski definition) is 2. The van der Waals surface area contributed by atoms with E-state index in [1.54, 1.807) is 0 Å². The Kier molecular flexibility index (Phi) is 9.20. The Hall–Kier alpha value is -8.46. The zero-order valence-electron chi connectivity index (χ0n) is 35.0. The number of benzene rings is 11. The normalized spacial score (nSPS) is 11.4. The van der Waals surface area contributed by atoms with E-state index in [0.717, 1.165) is 55.5 Å². The van der Waals surface area contributed by atoms with Crippen molar-refractivity contribution in [3.05, 3.63) is 249 Å². The van der Waals surface area contributed by atoms with E-state index in [2.05, 4.69) is 254 Å². The van der Waals surface area contributed by atoms with Gasteiger partial charge in [0.15, 0.2) is 0 Å². The Morgan fingerprint density at radius 1 is 0.266 bits per heavy atom. The molecule has 1 heterocycles. The van der Waals surface area contributed by atoms with Gasteiger partial charge in [0.1, 0.15) is 11.2 Å². The molecule has 0 saturated carbocycles. The second-order valence-electron chi connectivity index (χ2n) is 16.5. The van der Waals surface area contributed by atoms with Crippen LogP contribution in [0.25, 0.3) is 99.1 Å². The highest BCUT2D eigenvalue weighted by Crippen LogP contribution is 2.42. The van der Waals surface area contributed by atoms with Gasteiger partial charge in [0.25, 0.3) is 0 Å². The molecule has 2 heteroatoms. The fourth-order valence-electron chi connectivity index (χ4n) is 9.39. The van der Waals surface area contributed by atoms with E-state index in [1.807, 2.05) is 0 Å². The van der Waals surface area contributed by atoms with Crippen molar-refractivity contribution in [1.82, 2.24) is 0 Å². The van der Waals surface area contributed by atoms with Gasteiger partial charge in [0, 0.05) is 33.2 Å². The molecule has 0 unspecified atom stereocenters. The van der Waals surface area contributed by atoms with Crippen LogP contribution in [0.2, 0.25) is 0 Å². The predicted molar refractivity (Wildman–Crippen MR) is 271 cm³/mol. The number of anilines is 3. The first-order chi connectivity index (χ1) is 31.7. The molecule has 12 aromatic rings. The molecule has 300 valence electrons. The molecule has 0 aliphatic carbocycles. The molecule has 12 rings (SSSR count). The van der Waals surface area contributed by atoms with E-state index < -0.39 is 0 Å². The number of fused-ring (bicyclic) bond motifs is 6. The highest BCUT2D eigenvalue weighted by atomic mass is 16.3. The Morgan fingerprint density at radius 3 is 1.36 bits per heavy atom. The molecular weight excluding hydrogens is 775 g/mol. The van der Waals surface area contributed by atoms with Crippen LogP contribution in [0.4, 0.5) is 17.1 Å². The molecule has 0 spiro atoms. The largest absolute Gasteiger partial charge is 0.455 e. The molecule has 0 bridgehead atoms. The van der Waals surface area contributed by atoms with Gasteiger partial charge in [0.2, 0.25) is 0 Å². The van der Waals surface area contributed by atoms with Crippen molar-refractivity contribution < 1.29 is 4.42 Å². The standard InChI is InChI=1S/C62H41NO/c1-2-11-42(12-3-1)49-16-8-17-50(39-49)44-25-32-54(33-26-44)63(55-34-27-45(28-35-55)51-18-9-19-52(40-51)53-24-23-43-13-4-5-15-48(43)41-53)56-36-29-47(30-37-56)57-21-10-22-60-61(57)59-38-31-46-14-6-7-20-58(46)62(59)64-60/h1-41H. The van der Waals surface area contributed by atoms with Gasteiger partial charge in [-0.1, -0.05) is 182 Å². The van der Waals surface area contributed by atoms with E-state index in [0.29, 0.717) is 0 Å². The topological polar surface area (TPSA) is 16.4 Å². The van der Waals surface area contributed by atoms with E-state index in [1.165, 1.54) is 60.7 Å². The summed E-state index contributed by atoms with van der Waals surface area (Å²) in [5, 5.41) is 7.08. The van der Waals surface area contributed by atoms with Crippen molar-refractivity contribution >= 4 is 60.5 Å². The molecule has 11 aromatic carbocycles. The smallest absolute Gasteiger partial charge is 0.143 e. The minimum absolute atomic E-state index is 0.895.